The van der Waals surface area contributed by atoms with Crippen LogP contribution in [0.25, 0.3) is 0 Å². The number of nitro benzene ring substituents is 1. The van der Waals surface area contributed by atoms with Crippen molar-refractivity contribution >= 4 is 17.3 Å². The molecule has 1 rings (SSSR count). The molecule has 70 valence electrons. The van der Waals surface area contributed by atoms with Crippen LogP contribution in [0.2, 0.25) is 5.02 Å². The second kappa shape index (κ2) is 3.72. The van der Waals surface area contributed by atoms with Gasteiger partial charge in [0.05, 0.1) is 16.6 Å². The SMILES string of the molecule is Cc1c(Cl)cc(CO)cc1[N+](=O)[O-]. The lowest BCUT2D eigenvalue weighted by Gasteiger charge is -2.02. The molecule has 0 heterocycles. The summed E-state index contributed by atoms with van der Waals surface area (Å²) in [6, 6.07) is 2.84. The predicted molar refractivity (Wildman–Crippen MR) is 48.8 cm³/mol. The number of aliphatic hydroxyl groups is 1. The molecule has 0 spiro atoms. The summed E-state index contributed by atoms with van der Waals surface area (Å²) in [4.78, 5) is 9.99. The molecular formula is C8H8ClNO3. The molecule has 0 aliphatic heterocycles. The zero-order chi connectivity index (χ0) is 10.0. The molecule has 0 aliphatic rings. The summed E-state index contributed by atoms with van der Waals surface area (Å²) >= 11 is 5.73. The Hall–Kier alpha value is -1.13. The van der Waals surface area contributed by atoms with Crippen molar-refractivity contribution in [1.82, 2.24) is 0 Å². The second-order valence-corrected chi connectivity index (χ2v) is 3.04. The Morgan fingerprint density at radius 1 is 1.62 bits per heavy atom. The third kappa shape index (κ3) is 1.96. The van der Waals surface area contributed by atoms with Crippen LogP contribution >= 0.6 is 11.6 Å². The van der Waals surface area contributed by atoms with E-state index in [9.17, 15) is 10.1 Å². The normalized spacial score (nSPS) is 10.1. The molecule has 1 N–H and O–H groups in total. The van der Waals surface area contributed by atoms with Crippen molar-refractivity contribution in [2.24, 2.45) is 0 Å². The van der Waals surface area contributed by atoms with Crippen LogP contribution in [0, 0.1) is 17.0 Å². The number of benzene rings is 1. The summed E-state index contributed by atoms with van der Waals surface area (Å²) < 4.78 is 0. The fourth-order valence-electron chi connectivity index (χ4n) is 1.000. The van der Waals surface area contributed by atoms with Crippen LogP contribution in [0.5, 0.6) is 0 Å². The van der Waals surface area contributed by atoms with Crippen LogP contribution in [0.1, 0.15) is 11.1 Å². The highest BCUT2D eigenvalue weighted by atomic mass is 35.5. The molecule has 13 heavy (non-hydrogen) atoms. The second-order valence-electron chi connectivity index (χ2n) is 2.64. The standard InChI is InChI=1S/C8H8ClNO3/c1-5-7(9)2-6(4-11)3-8(5)10(12)13/h2-3,11H,4H2,1H3. The molecule has 0 fully saturated rings. The molecule has 0 amide bonds. The molecule has 0 unspecified atom stereocenters. The van der Waals surface area contributed by atoms with Crippen LogP contribution in [0.3, 0.4) is 0 Å². The van der Waals surface area contributed by atoms with E-state index in [1.165, 1.54) is 12.1 Å². The molecule has 1 aromatic carbocycles. The van der Waals surface area contributed by atoms with Crippen molar-refractivity contribution in [1.29, 1.82) is 0 Å². The molecule has 0 aromatic heterocycles. The van der Waals surface area contributed by atoms with Crippen molar-refractivity contribution in [2.75, 3.05) is 0 Å². The predicted octanol–water partition coefficient (Wildman–Crippen LogP) is 2.05. The Morgan fingerprint density at radius 2 is 2.23 bits per heavy atom. The van der Waals surface area contributed by atoms with Crippen molar-refractivity contribution < 1.29 is 10.0 Å². The van der Waals surface area contributed by atoms with Crippen LogP contribution in [0.15, 0.2) is 12.1 Å². The van der Waals surface area contributed by atoms with Crippen LogP contribution in [0.4, 0.5) is 5.69 Å². The largest absolute Gasteiger partial charge is 0.392 e. The van der Waals surface area contributed by atoms with E-state index < -0.39 is 4.92 Å². The van der Waals surface area contributed by atoms with Gasteiger partial charge in [-0.1, -0.05) is 11.6 Å². The first-order chi connectivity index (χ1) is 6.06. The number of nitro groups is 1. The van der Waals surface area contributed by atoms with Gasteiger partial charge in [-0.3, -0.25) is 10.1 Å². The Balaban J connectivity index is 3.33. The zero-order valence-corrected chi connectivity index (χ0v) is 7.71. The fraction of sp³-hybridized carbons (Fsp3) is 0.250. The van der Waals surface area contributed by atoms with Crippen LogP contribution in [-0.4, -0.2) is 10.0 Å². The first-order valence-electron chi connectivity index (χ1n) is 3.60. The molecular weight excluding hydrogens is 194 g/mol. The van der Waals surface area contributed by atoms with E-state index in [1.807, 2.05) is 0 Å². The third-order valence-electron chi connectivity index (χ3n) is 1.76. The molecule has 0 radical (unpaired) electrons. The molecule has 0 saturated carbocycles. The van der Waals surface area contributed by atoms with Crippen molar-refractivity contribution in [3.05, 3.63) is 38.4 Å². The first-order valence-corrected chi connectivity index (χ1v) is 3.98. The van der Waals surface area contributed by atoms with Crippen molar-refractivity contribution in [2.45, 2.75) is 13.5 Å². The van der Waals surface area contributed by atoms with Gasteiger partial charge >= 0.3 is 0 Å². The maximum atomic E-state index is 10.5. The topological polar surface area (TPSA) is 63.4 Å². The Kier molecular flexibility index (Phi) is 2.85. The summed E-state index contributed by atoms with van der Waals surface area (Å²) in [6.45, 7) is 1.32. The molecule has 4 nitrogen and oxygen atoms in total. The summed E-state index contributed by atoms with van der Waals surface area (Å²) in [5.74, 6) is 0. The van der Waals surface area contributed by atoms with E-state index in [1.54, 1.807) is 6.92 Å². The van der Waals surface area contributed by atoms with Gasteiger partial charge in [-0.2, -0.15) is 0 Å². The van der Waals surface area contributed by atoms with Gasteiger partial charge in [0.15, 0.2) is 0 Å². The minimum absolute atomic E-state index is 0.0587. The Labute approximate surface area is 79.9 Å². The van der Waals surface area contributed by atoms with Crippen molar-refractivity contribution in [3.63, 3.8) is 0 Å². The Morgan fingerprint density at radius 3 is 2.69 bits per heavy atom. The zero-order valence-electron chi connectivity index (χ0n) is 6.95. The quantitative estimate of drug-likeness (QED) is 0.588. The number of halogens is 1. The van der Waals surface area contributed by atoms with E-state index in [2.05, 4.69) is 0 Å². The van der Waals surface area contributed by atoms with Gasteiger partial charge in [0.2, 0.25) is 0 Å². The number of hydrogen-bond acceptors (Lipinski definition) is 3. The van der Waals surface area contributed by atoms with E-state index >= 15 is 0 Å². The molecule has 5 heteroatoms. The van der Waals surface area contributed by atoms with E-state index in [4.69, 9.17) is 16.7 Å². The number of hydrogen-bond donors (Lipinski definition) is 1. The summed E-state index contributed by atoms with van der Waals surface area (Å²) in [5.41, 5.74) is 0.808. The molecule has 0 aliphatic carbocycles. The van der Waals surface area contributed by atoms with Crippen molar-refractivity contribution in [3.8, 4) is 0 Å². The highest BCUT2D eigenvalue weighted by molar-refractivity contribution is 6.31. The number of nitrogens with zero attached hydrogens (tertiary/aromatic N) is 1. The molecule has 0 atom stereocenters. The molecule has 0 saturated heterocycles. The van der Waals surface area contributed by atoms with Gasteiger partial charge in [-0.15, -0.1) is 0 Å². The number of rotatable bonds is 2. The highest BCUT2D eigenvalue weighted by Gasteiger charge is 2.14. The van der Waals surface area contributed by atoms with Gasteiger partial charge < -0.3 is 5.11 Å². The maximum Gasteiger partial charge on any atom is 0.274 e. The summed E-state index contributed by atoms with van der Waals surface area (Å²) in [5, 5.41) is 19.6. The summed E-state index contributed by atoms with van der Waals surface area (Å²) in [6.07, 6.45) is 0. The van der Waals surface area contributed by atoms with Gasteiger partial charge in [0.25, 0.3) is 5.69 Å². The van der Waals surface area contributed by atoms with Crippen LogP contribution in [-0.2, 0) is 6.61 Å². The van der Waals surface area contributed by atoms with Gasteiger partial charge in [0.1, 0.15) is 0 Å². The average molecular weight is 202 g/mol. The average Bonchev–Trinajstić information content (AvgIpc) is 2.09. The Bertz CT molecular complexity index is 351. The lowest BCUT2D eigenvalue weighted by Crippen LogP contribution is -1.95. The monoisotopic (exact) mass is 201 g/mol. The third-order valence-corrected chi connectivity index (χ3v) is 2.15. The minimum atomic E-state index is -0.514. The molecule has 0 bridgehead atoms. The lowest BCUT2D eigenvalue weighted by atomic mass is 10.1. The minimum Gasteiger partial charge on any atom is -0.392 e. The highest BCUT2D eigenvalue weighted by Crippen LogP contribution is 2.27. The van der Waals surface area contributed by atoms with E-state index in [0.717, 1.165) is 0 Å². The van der Waals surface area contributed by atoms with Gasteiger partial charge in [0, 0.05) is 11.6 Å². The number of aliphatic hydroxyl groups excluding tert-OH is 1. The first kappa shape index (κ1) is 9.95. The van der Waals surface area contributed by atoms with Crippen LogP contribution < -0.4 is 0 Å². The lowest BCUT2D eigenvalue weighted by molar-refractivity contribution is -0.385. The van der Waals surface area contributed by atoms with E-state index in [0.29, 0.717) is 16.1 Å². The van der Waals surface area contributed by atoms with Gasteiger partial charge in [-0.05, 0) is 18.6 Å². The molecule has 1 aromatic rings. The maximum absolute atomic E-state index is 10.5. The fourth-order valence-corrected chi connectivity index (χ4v) is 1.24. The van der Waals surface area contributed by atoms with Gasteiger partial charge in [-0.25, -0.2) is 0 Å². The van der Waals surface area contributed by atoms with E-state index in [-0.39, 0.29) is 12.3 Å². The smallest absolute Gasteiger partial charge is 0.274 e. The summed E-state index contributed by atoms with van der Waals surface area (Å²) in [7, 11) is 0.